The van der Waals surface area contributed by atoms with E-state index < -0.39 is 0 Å². The van der Waals surface area contributed by atoms with Crippen molar-refractivity contribution in [2.75, 3.05) is 29.0 Å². The molecule has 182 valence electrons. The fourth-order valence-electron chi connectivity index (χ4n) is 4.09. The van der Waals surface area contributed by atoms with Crippen molar-refractivity contribution in [2.24, 2.45) is 0 Å². The van der Waals surface area contributed by atoms with Crippen LogP contribution >= 0.6 is 22.9 Å². The molecular formula is C25H28ClN7OS. The number of fused-ring (bicyclic) bond motifs is 1. The van der Waals surface area contributed by atoms with E-state index in [1.54, 1.807) is 29.8 Å². The van der Waals surface area contributed by atoms with Crippen LogP contribution in [0.5, 0.6) is 0 Å². The molecule has 1 aliphatic rings. The molecule has 0 saturated carbocycles. The first-order valence-corrected chi connectivity index (χ1v) is 12.3. The Labute approximate surface area is 213 Å². The molecule has 0 aliphatic carbocycles. The quantitative estimate of drug-likeness (QED) is 0.336. The van der Waals surface area contributed by atoms with E-state index in [4.69, 9.17) is 17.3 Å². The van der Waals surface area contributed by atoms with Gasteiger partial charge < -0.3 is 21.3 Å². The number of hydrogen-bond acceptors (Lipinski definition) is 8. The lowest BCUT2D eigenvalue weighted by atomic mass is 10.1. The van der Waals surface area contributed by atoms with Crippen LogP contribution in [0.3, 0.4) is 0 Å². The number of nitrogens with zero attached hydrogens (tertiary/aromatic N) is 4. The average Bonchev–Trinajstić information content (AvgIpc) is 3.39. The highest BCUT2D eigenvalue weighted by atomic mass is 35.5. The summed E-state index contributed by atoms with van der Waals surface area (Å²) in [4.78, 5) is 27.9. The first-order chi connectivity index (χ1) is 16.6. The van der Waals surface area contributed by atoms with Crippen LogP contribution in [0.2, 0.25) is 5.02 Å². The van der Waals surface area contributed by atoms with Gasteiger partial charge >= 0.3 is 0 Å². The Hall–Kier alpha value is -3.43. The molecule has 1 amide bonds. The second kappa shape index (κ2) is 10.9. The van der Waals surface area contributed by atoms with Crippen molar-refractivity contribution < 1.29 is 4.79 Å². The van der Waals surface area contributed by atoms with E-state index in [1.807, 2.05) is 35.8 Å². The Balaban J connectivity index is 0.00000289. The minimum absolute atomic E-state index is 0. The smallest absolute Gasteiger partial charge is 0.253 e. The molecule has 0 atom stereocenters. The van der Waals surface area contributed by atoms with Gasteiger partial charge in [-0.25, -0.2) is 15.0 Å². The van der Waals surface area contributed by atoms with E-state index in [-0.39, 0.29) is 19.4 Å². The molecule has 0 unspecified atom stereocenters. The van der Waals surface area contributed by atoms with E-state index >= 15 is 0 Å². The number of amides is 1. The summed E-state index contributed by atoms with van der Waals surface area (Å²) in [6, 6.07) is 9.67. The number of anilines is 3. The van der Waals surface area contributed by atoms with Crippen molar-refractivity contribution >= 4 is 56.4 Å². The number of pyridine rings is 2. The van der Waals surface area contributed by atoms with Crippen LogP contribution in [0, 0.1) is 0 Å². The Bertz CT molecular complexity index is 1310. The molecule has 0 bridgehead atoms. The second-order valence-corrected chi connectivity index (χ2v) is 9.49. The van der Waals surface area contributed by atoms with Crippen molar-refractivity contribution in [3.8, 4) is 0 Å². The third-order valence-electron chi connectivity index (χ3n) is 5.94. The highest BCUT2D eigenvalue weighted by Gasteiger charge is 2.22. The van der Waals surface area contributed by atoms with Gasteiger partial charge in [-0.2, -0.15) is 0 Å². The number of aromatic nitrogens is 3. The van der Waals surface area contributed by atoms with Crippen LogP contribution in [0.1, 0.15) is 36.2 Å². The van der Waals surface area contributed by atoms with E-state index in [1.165, 1.54) is 0 Å². The minimum atomic E-state index is -0.230. The highest BCUT2D eigenvalue weighted by molar-refractivity contribution is 7.13. The molecule has 1 saturated heterocycles. The van der Waals surface area contributed by atoms with Gasteiger partial charge in [-0.05, 0) is 42.0 Å². The second-order valence-electron chi connectivity index (χ2n) is 8.21. The number of piperidine rings is 1. The van der Waals surface area contributed by atoms with Gasteiger partial charge in [0, 0.05) is 55.0 Å². The van der Waals surface area contributed by atoms with Crippen LogP contribution in [0.25, 0.3) is 10.8 Å². The largest absolute Gasteiger partial charge is 0.383 e. The van der Waals surface area contributed by atoms with E-state index in [9.17, 15) is 4.79 Å². The first-order valence-electron chi connectivity index (χ1n) is 11.0. The highest BCUT2D eigenvalue weighted by Crippen LogP contribution is 2.26. The number of benzene rings is 1. The number of rotatable bonds is 6. The SMILES string of the molecule is C.Nc1nccc2cc(CNC(=O)c3cnc(NC4CCN(c5nccs5)CC4)c(Cl)c3)ccc12. The maximum absolute atomic E-state index is 12.7. The number of carbonyl (C=O) groups is 1. The summed E-state index contributed by atoms with van der Waals surface area (Å²) in [6.07, 6.45) is 7.00. The number of nitrogens with two attached hydrogens (primary N) is 1. The number of thiazole rings is 1. The maximum Gasteiger partial charge on any atom is 0.253 e. The van der Waals surface area contributed by atoms with Crippen molar-refractivity contribution in [3.05, 3.63) is 70.5 Å². The normalized spacial score (nSPS) is 13.9. The minimum Gasteiger partial charge on any atom is -0.383 e. The lowest BCUT2D eigenvalue weighted by molar-refractivity contribution is 0.0950. The van der Waals surface area contributed by atoms with Gasteiger partial charge in [0.2, 0.25) is 0 Å². The molecule has 35 heavy (non-hydrogen) atoms. The fourth-order valence-corrected chi connectivity index (χ4v) is 5.01. The van der Waals surface area contributed by atoms with Crippen molar-refractivity contribution in [1.29, 1.82) is 0 Å². The molecule has 4 aromatic rings. The third-order valence-corrected chi connectivity index (χ3v) is 7.06. The van der Waals surface area contributed by atoms with Gasteiger partial charge in [0.25, 0.3) is 5.91 Å². The topological polar surface area (TPSA) is 109 Å². The summed E-state index contributed by atoms with van der Waals surface area (Å²) < 4.78 is 0. The molecule has 1 fully saturated rings. The summed E-state index contributed by atoms with van der Waals surface area (Å²) >= 11 is 8.12. The lowest BCUT2D eigenvalue weighted by Crippen LogP contribution is -2.39. The number of nitrogen functional groups attached to an aromatic ring is 1. The summed E-state index contributed by atoms with van der Waals surface area (Å²) in [7, 11) is 0. The van der Waals surface area contributed by atoms with Crippen LogP contribution in [0.4, 0.5) is 16.8 Å². The van der Waals surface area contributed by atoms with Crippen LogP contribution in [0.15, 0.2) is 54.3 Å². The predicted octanol–water partition coefficient (Wildman–Crippen LogP) is 4.97. The van der Waals surface area contributed by atoms with Crippen molar-refractivity contribution in [2.45, 2.75) is 32.9 Å². The molecule has 0 spiro atoms. The Morgan fingerprint density at radius 2 is 1.97 bits per heavy atom. The van der Waals surface area contributed by atoms with E-state index in [2.05, 4.69) is 30.5 Å². The summed E-state index contributed by atoms with van der Waals surface area (Å²) in [5.41, 5.74) is 7.29. The zero-order chi connectivity index (χ0) is 23.5. The summed E-state index contributed by atoms with van der Waals surface area (Å²) in [5.74, 6) is 0.867. The monoisotopic (exact) mass is 509 g/mol. The molecular weight excluding hydrogens is 482 g/mol. The standard InChI is InChI=1S/C24H24ClN7OS.CH4/c25-20-12-17(23(33)30-13-15-1-2-19-16(11-15)3-6-27-21(19)26)14-29-22(20)31-18-4-8-32(9-5-18)24-28-7-10-34-24;/h1-3,6-7,10-12,14,18H,4-5,8-9,13H2,(H2,26,27)(H,29,31)(H,30,33);1H4. The number of hydrogen-bond donors (Lipinski definition) is 3. The maximum atomic E-state index is 12.7. The van der Waals surface area contributed by atoms with Gasteiger partial charge in [-0.3, -0.25) is 4.79 Å². The molecule has 4 heterocycles. The average molecular weight is 510 g/mol. The Morgan fingerprint density at radius 3 is 2.71 bits per heavy atom. The lowest BCUT2D eigenvalue weighted by Gasteiger charge is -2.32. The molecule has 0 radical (unpaired) electrons. The predicted molar refractivity (Wildman–Crippen MR) is 144 cm³/mol. The summed E-state index contributed by atoms with van der Waals surface area (Å²) in [6.45, 7) is 2.24. The summed E-state index contributed by atoms with van der Waals surface area (Å²) in [5, 5.41) is 11.7. The molecule has 8 nitrogen and oxygen atoms in total. The molecule has 1 aromatic carbocycles. The Morgan fingerprint density at radius 1 is 1.14 bits per heavy atom. The van der Waals surface area contributed by atoms with Crippen LogP contribution in [-0.2, 0) is 6.54 Å². The number of halogens is 1. The zero-order valence-corrected chi connectivity index (χ0v) is 19.9. The Kier molecular flexibility index (Phi) is 7.67. The van der Waals surface area contributed by atoms with Gasteiger partial charge in [0.15, 0.2) is 5.13 Å². The van der Waals surface area contributed by atoms with Crippen molar-refractivity contribution in [1.82, 2.24) is 20.3 Å². The number of nitrogens with one attached hydrogen (secondary N) is 2. The van der Waals surface area contributed by atoms with E-state index in [0.717, 1.165) is 47.4 Å². The van der Waals surface area contributed by atoms with E-state index in [0.29, 0.717) is 28.8 Å². The fraction of sp³-hybridized carbons (Fsp3) is 0.280. The van der Waals surface area contributed by atoms with Gasteiger partial charge in [-0.1, -0.05) is 31.2 Å². The third kappa shape index (κ3) is 5.63. The van der Waals surface area contributed by atoms with Crippen LogP contribution < -0.4 is 21.3 Å². The van der Waals surface area contributed by atoms with Gasteiger partial charge in [0.05, 0.1) is 10.6 Å². The molecule has 5 rings (SSSR count). The molecule has 10 heteroatoms. The zero-order valence-electron chi connectivity index (χ0n) is 18.4. The molecule has 1 aliphatic heterocycles. The van der Waals surface area contributed by atoms with Crippen molar-refractivity contribution in [3.63, 3.8) is 0 Å². The van der Waals surface area contributed by atoms with Gasteiger partial charge in [-0.15, -0.1) is 11.3 Å². The first kappa shape index (κ1) is 24.7. The number of carbonyl (C=O) groups excluding carboxylic acids is 1. The van der Waals surface area contributed by atoms with Gasteiger partial charge in [0.1, 0.15) is 11.6 Å². The van der Waals surface area contributed by atoms with Crippen LogP contribution in [-0.4, -0.2) is 40.0 Å². The molecule has 4 N–H and O–H groups in total. The molecule has 3 aromatic heterocycles.